The van der Waals surface area contributed by atoms with Crippen LogP contribution in [0.25, 0.3) is 0 Å². The molecule has 1 aliphatic carbocycles. The maximum Gasteiger partial charge on any atom is 0.410 e. The Bertz CT molecular complexity index is 566. The summed E-state index contributed by atoms with van der Waals surface area (Å²) in [7, 11) is 1.80. The van der Waals surface area contributed by atoms with Crippen LogP contribution >= 0.6 is 15.9 Å². The molecule has 1 aromatic rings. The van der Waals surface area contributed by atoms with Crippen molar-refractivity contribution in [2.45, 2.75) is 39.0 Å². The Morgan fingerprint density at radius 1 is 1.52 bits per heavy atom. The van der Waals surface area contributed by atoms with Crippen molar-refractivity contribution in [2.24, 2.45) is 11.8 Å². The SMILES string of the molecule is CN(C(=O)OC(C)(C)C)[C@H]1C2COc3c(Br)cnn3CC21. The molecule has 0 bridgehead atoms. The third-order valence-corrected chi connectivity index (χ3v) is 4.50. The van der Waals surface area contributed by atoms with Gasteiger partial charge in [0.15, 0.2) is 0 Å². The second-order valence-corrected chi connectivity index (χ2v) is 7.55. The van der Waals surface area contributed by atoms with E-state index in [0.29, 0.717) is 18.4 Å². The van der Waals surface area contributed by atoms with Gasteiger partial charge in [-0.25, -0.2) is 9.48 Å². The lowest BCUT2D eigenvalue weighted by atomic mass is 10.2. The van der Waals surface area contributed by atoms with E-state index in [9.17, 15) is 4.79 Å². The molecule has 0 radical (unpaired) electrons. The summed E-state index contributed by atoms with van der Waals surface area (Å²) in [4.78, 5) is 13.9. The van der Waals surface area contributed by atoms with E-state index in [0.717, 1.165) is 16.9 Å². The molecule has 2 unspecified atom stereocenters. The van der Waals surface area contributed by atoms with Crippen LogP contribution < -0.4 is 4.74 Å². The molecule has 1 fully saturated rings. The van der Waals surface area contributed by atoms with Crippen molar-refractivity contribution in [3.8, 4) is 5.88 Å². The van der Waals surface area contributed by atoms with Crippen molar-refractivity contribution in [3.05, 3.63) is 10.7 Å². The van der Waals surface area contributed by atoms with Crippen LogP contribution in [0.2, 0.25) is 0 Å². The predicted octanol–water partition coefficient (Wildman–Crippen LogP) is 2.52. The topological polar surface area (TPSA) is 56.6 Å². The predicted molar refractivity (Wildman–Crippen MR) is 80.2 cm³/mol. The van der Waals surface area contributed by atoms with Gasteiger partial charge in [0.2, 0.25) is 5.88 Å². The Hall–Kier alpha value is -1.24. The van der Waals surface area contributed by atoms with E-state index in [1.165, 1.54) is 0 Å². The molecule has 1 saturated carbocycles. The van der Waals surface area contributed by atoms with Gasteiger partial charge in [0, 0.05) is 24.9 Å². The van der Waals surface area contributed by atoms with E-state index >= 15 is 0 Å². The summed E-state index contributed by atoms with van der Waals surface area (Å²) in [5, 5.41) is 4.30. The summed E-state index contributed by atoms with van der Waals surface area (Å²) < 4.78 is 14.0. The Labute approximate surface area is 132 Å². The van der Waals surface area contributed by atoms with Crippen LogP contribution in [0.1, 0.15) is 20.8 Å². The molecule has 0 spiro atoms. The van der Waals surface area contributed by atoms with Crippen molar-refractivity contribution < 1.29 is 14.3 Å². The van der Waals surface area contributed by atoms with Gasteiger partial charge >= 0.3 is 6.09 Å². The summed E-state index contributed by atoms with van der Waals surface area (Å²) in [5.74, 6) is 1.49. The summed E-state index contributed by atoms with van der Waals surface area (Å²) in [5.41, 5.74) is -0.473. The number of hydrogen-bond donors (Lipinski definition) is 0. The molecule has 2 aliphatic rings. The van der Waals surface area contributed by atoms with Gasteiger partial charge in [0.1, 0.15) is 5.60 Å². The zero-order chi connectivity index (χ0) is 15.4. The van der Waals surface area contributed by atoms with E-state index in [-0.39, 0.29) is 12.1 Å². The van der Waals surface area contributed by atoms with Crippen LogP contribution in [0, 0.1) is 11.8 Å². The summed E-state index contributed by atoms with van der Waals surface area (Å²) in [6.07, 6.45) is 1.47. The molecule has 6 nitrogen and oxygen atoms in total. The van der Waals surface area contributed by atoms with Gasteiger partial charge in [-0.05, 0) is 36.7 Å². The number of halogens is 1. The summed E-state index contributed by atoms with van der Waals surface area (Å²) in [6, 6.07) is 0.163. The van der Waals surface area contributed by atoms with E-state index in [1.54, 1.807) is 18.1 Å². The van der Waals surface area contributed by atoms with Crippen molar-refractivity contribution >= 4 is 22.0 Å². The molecule has 3 atom stereocenters. The standard InChI is InChI=1S/C14H20BrN3O3/c1-14(2,3)21-13(19)17(4)11-8-6-18-12(10(15)5-16-18)20-7-9(8)11/h5,8-9,11H,6-7H2,1-4H3/t8?,9?,11-/m1/s1. The quantitative estimate of drug-likeness (QED) is 0.774. The van der Waals surface area contributed by atoms with Crippen molar-refractivity contribution in [1.82, 2.24) is 14.7 Å². The number of carbonyl (C=O) groups excluding carboxylic acids is 1. The number of nitrogens with zero attached hydrogens (tertiary/aromatic N) is 3. The number of hydrogen-bond acceptors (Lipinski definition) is 4. The van der Waals surface area contributed by atoms with Crippen LogP contribution in [0.5, 0.6) is 5.88 Å². The maximum atomic E-state index is 12.2. The molecule has 1 amide bonds. The van der Waals surface area contributed by atoms with E-state index in [2.05, 4.69) is 21.0 Å². The molecule has 0 N–H and O–H groups in total. The number of amides is 1. The lowest BCUT2D eigenvalue weighted by molar-refractivity contribution is 0.0262. The number of carbonyl (C=O) groups is 1. The fraction of sp³-hybridized carbons (Fsp3) is 0.714. The number of ether oxygens (including phenoxy) is 2. The van der Waals surface area contributed by atoms with Gasteiger partial charge in [0.05, 0.1) is 23.8 Å². The van der Waals surface area contributed by atoms with Crippen LogP contribution in [0.4, 0.5) is 4.79 Å². The first-order valence-corrected chi connectivity index (χ1v) is 7.87. The van der Waals surface area contributed by atoms with Gasteiger partial charge in [-0.3, -0.25) is 0 Å². The summed E-state index contributed by atoms with van der Waals surface area (Å²) in [6.45, 7) is 7.00. The third kappa shape index (κ3) is 2.75. The van der Waals surface area contributed by atoms with Gasteiger partial charge in [0.25, 0.3) is 0 Å². The monoisotopic (exact) mass is 357 g/mol. The normalized spacial score (nSPS) is 27.0. The highest BCUT2D eigenvalue weighted by atomic mass is 79.9. The highest BCUT2D eigenvalue weighted by molar-refractivity contribution is 9.10. The molecule has 116 valence electrons. The first-order valence-electron chi connectivity index (χ1n) is 7.08. The second-order valence-electron chi connectivity index (χ2n) is 6.70. The molecule has 0 saturated heterocycles. The van der Waals surface area contributed by atoms with Crippen LogP contribution in [0.3, 0.4) is 0 Å². The number of aromatic nitrogens is 2. The van der Waals surface area contributed by atoms with Crippen LogP contribution in [-0.2, 0) is 11.3 Å². The Kier molecular flexibility index (Phi) is 3.43. The van der Waals surface area contributed by atoms with E-state index in [1.807, 2.05) is 25.5 Å². The van der Waals surface area contributed by atoms with Gasteiger partial charge < -0.3 is 14.4 Å². The van der Waals surface area contributed by atoms with E-state index in [4.69, 9.17) is 9.47 Å². The molecule has 1 aliphatic heterocycles. The average molecular weight is 358 g/mol. The van der Waals surface area contributed by atoms with Crippen molar-refractivity contribution in [3.63, 3.8) is 0 Å². The van der Waals surface area contributed by atoms with Gasteiger partial charge in [-0.1, -0.05) is 0 Å². The highest BCUT2D eigenvalue weighted by Crippen LogP contribution is 2.47. The largest absolute Gasteiger partial charge is 0.477 e. The first-order chi connectivity index (χ1) is 9.78. The Balaban J connectivity index is 1.67. The fourth-order valence-corrected chi connectivity index (χ4v) is 3.33. The van der Waals surface area contributed by atoms with Crippen LogP contribution in [0.15, 0.2) is 10.7 Å². The van der Waals surface area contributed by atoms with Gasteiger partial charge in [-0.15, -0.1) is 0 Å². The van der Waals surface area contributed by atoms with Gasteiger partial charge in [-0.2, -0.15) is 5.10 Å². The molecular weight excluding hydrogens is 338 g/mol. The van der Waals surface area contributed by atoms with Crippen molar-refractivity contribution in [2.75, 3.05) is 13.7 Å². The molecule has 21 heavy (non-hydrogen) atoms. The molecule has 3 rings (SSSR count). The molecule has 7 heteroatoms. The molecule has 1 aromatic heterocycles. The smallest absolute Gasteiger partial charge is 0.410 e. The zero-order valence-electron chi connectivity index (χ0n) is 12.7. The summed E-state index contributed by atoms with van der Waals surface area (Å²) >= 11 is 3.43. The zero-order valence-corrected chi connectivity index (χ0v) is 14.3. The molecular formula is C14H20BrN3O3. The average Bonchev–Trinajstić information content (AvgIpc) is 2.97. The minimum atomic E-state index is -0.473. The third-order valence-electron chi connectivity index (χ3n) is 3.96. The van der Waals surface area contributed by atoms with Crippen molar-refractivity contribution in [1.29, 1.82) is 0 Å². The van der Waals surface area contributed by atoms with E-state index < -0.39 is 5.60 Å². The minimum Gasteiger partial charge on any atom is -0.477 e. The Morgan fingerprint density at radius 2 is 2.24 bits per heavy atom. The molecule has 2 heterocycles. The minimum absolute atomic E-state index is 0.163. The number of rotatable bonds is 1. The lowest BCUT2D eigenvalue weighted by Gasteiger charge is -2.25. The van der Waals surface area contributed by atoms with Crippen LogP contribution in [-0.4, -0.2) is 46.1 Å². The lowest BCUT2D eigenvalue weighted by Crippen LogP contribution is -2.37. The second kappa shape index (κ2) is 4.90. The maximum absolute atomic E-state index is 12.2. The first kappa shape index (κ1) is 14.7. The fourth-order valence-electron chi connectivity index (χ4n) is 2.92. The number of fused-ring (bicyclic) bond motifs is 2. The highest BCUT2D eigenvalue weighted by Gasteiger charge is 2.56. The Morgan fingerprint density at radius 3 is 2.90 bits per heavy atom. The molecule has 0 aromatic carbocycles.